The fourth-order valence-corrected chi connectivity index (χ4v) is 1.68. The van der Waals surface area contributed by atoms with E-state index in [4.69, 9.17) is 0 Å². The van der Waals surface area contributed by atoms with E-state index in [2.05, 4.69) is 31.0 Å². The van der Waals surface area contributed by atoms with Gasteiger partial charge in [-0.3, -0.25) is 9.89 Å². The summed E-state index contributed by atoms with van der Waals surface area (Å²) in [6.45, 7) is 8.49. The molecule has 3 heteroatoms. The van der Waals surface area contributed by atoms with Crippen LogP contribution in [0, 0.1) is 12.3 Å². The van der Waals surface area contributed by atoms with Crippen LogP contribution in [0.2, 0.25) is 0 Å². The van der Waals surface area contributed by atoms with Gasteiger partial charge in [-0.05, 0) is 18.8 Å². The average molecular weight is 208 g/mol. The van der Waals surface area contributed by atoms with Gasteiger partial charge >= 0.3 is 0 Å². The molecule has 0 saturated carbocycles. The molecule has 15 heavy (non-hydrogen) atoms. The van der Waals surface area contributed by atoms with E-state index in [1.165, 1.54) is 0 Å². The smallest absolute Gasteiger partial charge is 0.153 e. The summed E-state index contributed by atoms with van der Waals surface area (Å²) in [5.41, 5.74) is 2.77. The first-order chi connectivity index (χ1) is 7.06. The van der Waals surface area contributed by atoms with Crippen LogP contribution in [0.4, 0.5) is 0 Å². The number of nitrogens with zero attached hydrogens (tertiary/aromatic N) is 1. The summed E-state index contributed by atoms with van der Waals surface area (Å²) in [4.78, 5) is 10.9. The van der Waals surface area contributed by atoms with E-state index in [-0.39, 0.29) is 5.41 Å². The van der Waals surface area contributed by atoms with Gasteiger partial charge in [0.2, 0.25) is 0 Å². The van der Waals surface area contributed by atoms with E-state index in [1.807, 2.05) is 6.92 Å². The maximum absolute atomic E-state index is 10.9. The molecule has 0 radical (unpaired) electrons. The second kappa shape index (κ2) is 4.60. The SMILES string of the molecule is CCC(C)(CC)Cc1n[nH]c(C)c1C=O. The summed E-state index contributed by atoms with van der Waals surface area (Å²) in [6, 6.07) is 0. The Hall–Kier alpha value is -1.12. The van der Waals surface area contributed by atoms with Crippen LogP contribution in [0.5, 0.6) is 0 Å². The van der Waals surface area contributed by atoms with Crippen molar-refractivity contribution in [2.45, 2.75) is 47.0 Å². The van der Waals surface area contributed by atoms with Gasteiger partial charge in [0.05, 0.1) is 11.3 Å². The first-order valence-corrected chi connectivity index (χ1v) is 5.55. The summed E-state index contributed by atoms with van der Waals surface area (Å²) in [5, 5.41) is 7.09. The third-order valence-electron chi connectivity index (χ3n) is 3.49. The van der Waals surface area contributed by atoms with Gasteiger partial charge in [0, 0.05) is 5.69 Å². The van der Waals surface area contributed by atoms with Gasteiger partial charge in [0.1, 0.15) is 0 Å². The zero-order chi connectivity index (χ0) is 11.5. The van der Waals surface area contributed by atoms with Crippen molar-refractivity contribution in [3.63, 3.8) is 0 Å². The van der Waals surface area contributed by atoms with Crippen molar-refractivity contribution in [2.75, 3.05) is 0 Å². The number of aldehydes is 1. The second-order valence-corrected chi connectivity index (χ2v) is 4.52. The monoisotopic (exact) mass is 208 g/mol. The molecule has 0 aliphatic carbocycles. The molecule has 0 aliphatic rings. The van der Waals surface area contributed by atoms with Gasteiger partial charge in [-0.2, -0.15) is 5.10 Å². The molecule has 1 rings (SSSR count). The van der Waals surface area contributed by atoms with Gasteiger partial charge in [-0.15, -0.1) is 0 Å². The predicted molar refractivity (Wildman–Crippen MR) is 61.1 cm³/mol. The number of aromatic nitrogens is 2. The van der Waals surface area contributed by atoms with Gasteiger partial charge in [0.15, 0.2) is 6.29 Å². The average Bonchev–Trinajstić information content (AvgIpc) is 2.59. The first-order valence-electron chi connectivity index (χ1n) is 5.55. The Morgan fingerprint density at radius 3 is 2.47 bits per heavy atom. The highest BCUT2D eigenvalue weighted by Gasteiger charge is 2.23. The lowest BCUT2D eigenvalue weighted by Crippen LogP contribution is -2.18. The molecule has 0 atom stereocenters. The highest BCUT2D eigenvalue weighted by atomic mass is 16.1. The highest BCUT2D eigenvalue weighted by molar-refractivity contribution is 5.78. The number of carbonyl (C=O) groups excluding carboxylic acids is 1. The maximum atomic E-state index is 10.9. The Bertz CT molecular complexity index is 337. The fraction of sp³-hybridized carbons (Fsp3) is 0.667. The zero-order valence-electron chi connectivity index (χ0n) is 10.1. The molecule has 1 aromatic heterocycles. The lowest BCUT2D eigenvalue weighted by Gasteiger charge is -2.25. The third kappa shape index (κ3) is 2.46. The summed E-state index contributed by atoms with van der Waals surface area (Å²) < 4.78 is 0. The topological polar surface area (TPSA) is 45.8 Å². The lowest BCUT2D eigenvalue weighted by molar-refractivity contribution is 0.112. The van der Waals surface area contributed by atoms with Gasteiger partial charge < -0.3 is 0 Å². The molecule has 0 fully saturated rings. The molecule has 1 N–H and O–H groups in total. The second-order valence-electron chi connectivity index (χ2n) is 4.52. The van der Waals surface area contributed by atoms with Crippen molar-refractivity contribution >= 4 is 6.29 Å². The van der Waals surface area contributed by atoms with E-state index < -0.39 is 0 Å². The molecule has 0 aliphatic heterocycles. The summed E-state index contributed by atoms with van der Waals surface area (Å²) in [5.74, 6) is 0. The number of hydrogen-bond donors (Lipinski definition) is 1. The molecule has 1 aromatic rings. The third-order valence-corrected chi connectivity index (χ3v) is 3.49. The minimum Gasteiger partial charge on any atom is -0.298 e. The molecular weight excluding hydrogens is 188 g/mol. The molecule has 0 amide bonds. The number of H-pyrrole nitrogens is 1. The Labute approximate surface area is 91.3 Å². The number of nitrogens with one attached hydrogen (secondary N) is 1. The number of aromatic amines is 1. The number of rotatable bonds is 5. The van der Waals surface area contributed by atoms with Crippen LogP contribution in [-0.4, -0.2) is 16.5 Å². The predicted octanol–water partition coefficient (Wildman–Crippen LogP) is 2.90. The quantitative estimate of drug-likeness (QED) is 0.756. The van der Waals surface area contributed by atoms with Crippen LogP contribution in [0.15, 0.2) is 0 Å². The van der Waals surface area contributed by atoms with E-state index in [0.29, 0.717) is 0 Å². The summed E-state index contributed by atoms with van der Waals surface area (Å²) >= 11 is 0. The van der Waals surface area contributed by atoms with E-state index >= 15 is 0 Å². The number of aryl methyl sites for hydroxylation is 1. The molecule has 0 aromatic carbocycles. The number of hydrogen-bond acceptors (Lipinski definition) is 2. The highest BCUT2D eigenvalue weighted by Crippen LogP contribution is 2.30. The normalized spacial score (nSPS) is 11.7. The van der Waals surface area contributed by atoms with E-state index in [0.717, 1.165) is 42.5 Å². The van der Waals surface area contributed by atoms with Crippen molar-refractivity contribution in [2.24, 2.45) is 5.41 Å². The van der Waals surface area contributed by atoms with E-state index in [1.54, 1.807) is 0 Å². The van der Waals surface area contributed by atoms with Crippen molar-refractivity contribution in [1.29, 1.82) is 0 Å². The van der Waals surface area contributed by atoms with Gasteiger partial charge in [-0.1, -0.05) is 33.6 Å². The molecule has 3 nitrogen and oxygen atoms in total. The lowest BCUT2D eigenvalue weighted by atomic mass is 9.80. The Kier molecular flexibility index (Phi) is 3.66. The Balaban J connectivity index is 2.93. The number of carbonyl (C=O) groups is 1. The molecule has 0 bridgehead atoms. The molecule has 0 unspecified atom stereocenters. The minimum atomic E-state index is 0.249. The van der Waals surface area contributed by atoms with Crippen molar-refractivity contribution in [3.05, 3.63) is 17.0 Å². The largest absolute Gasteiger partial charge is 0.298 e. The molecule has 0 spiro atoms. The molecule has 84 valence electrons. The molecule has 0 saturated heterocycles. The van der Waals surface area contributed by atoms with Crippen LogP contribution in [0.3, 0.4) is 0 Å². The van der Waals surface area contributed by atoms with Crippen LogP contribution in [-0.2, 0) is 6.42 Å². The van der Waals surface area contributed by atoms with E-state index in [9.17, 15) is 4.79 Å². The Morgan fingerprint density at radius 1 is 1.40 bits per heavy atom. The van der Waals surface area contributed by atoms with Crippen molar-refractivity contribution < 1.29 is 4.79 Å². The Morgan fingerprint density at radius 2 is 2.00 bits per heavy atom. The molecule has 1 heterocycles. The fourth-order valence-electron chi connectivity index (χ4n) is 1.68. The summed E-state index contributed by atoms with van der Waals surface area (Å²) in [7, 11) is 0. The van der Waals surface area contributed by atoms with Crippen molar-refractivity contribution in [1.82, 2.24) is 10.2 Å². The van der Waals surface area contributed by atoms with Crippen LogP contribution < -0.4 is 0 Å². The van der Waals surface area contributed by atoms with Crippen molar-refractivity contribution in [3.8, 4) is 0 Å². The van der Waals surface area contributed by atoms with Gasteiger partial charge in [0.25, 0.3) is 0 Å². The van der Waals surface area contributed by atoms with Crippen LogP contribution in [0.25, 0.3) is 0 Å². The maximum Gasteiger partial charge on any atom is 0.153 e. The molecular formula is C12H20N2O. The van der Waals surface area contributed by atoms with Crippen LogP contribution >= 0.6 is 0 Å². The van der Waals surface area contributed by atoms with Gasteiger partial charge in [-0.25, -0.2) is 0 Å². The summed E-state index contributed by atoms with van der Waals surface area (Å²) in [6.07, 6.45) is 3.99. The first kappa shape index (κ1) is 12.0. The standard InChI is InChI=1S/C12H20N2O/c1-5-12(4,6-2)7-11-10(8-15)9(3)13-14-11/h8H,5-7H2,1-4H3,(H,13,14). The zero-order valence-corrected chi connectivity index (χ0v) is 10.1. The minimum absolute atomic E-state index is 0.249. The van der Waals surface area contributed by atoms with Crippen LogP contribution in [0.1, 0.15) is 55.4 Å².